The second kappa shape index (κ2) is 6.37. The molecule has 0 amide bonds. The molecular weight excluding hydrogens is 290 g/mol. The molecule has 1 rings (SSSR count). The van der Waals surface area contributed by atoms with Gasteiger partial charge in [-0.25, -0.2) is 0 Å². The smallest absolute Gasteiger partial charge is 0.304 e. The number of nitrogens with zero attached hydrogens (tertiary/aromatic N) is 1. The Hall–Kier alpha value is -0.390. The Labute approximate surface area is 108 Å². The summed E-state index contributed by atoms with van der Waals surface area (Å²) in [5.41, 5.74) is 0. The molecule has 1 N–H and O–H groups in total. The maximum absolute atomic E-state index is 10.7. The standard InChI is InChI=1S/C11H16BrNO2S/c1-3-13(8(2)4-11(14)15)6-10-5-9(12)7-16-10/h5,7-8H,3-4,6H2,1-2H3,(H,14,15). The Balaban J connectivity index is 2.57. The van der Waals surface area contributed by atoms with Gasteiger partial charge < -0.3 is 5.11 Å². The van der Waals surface area contributed by atoms with Gasteiger partial charge in [0.05, 0.1) is 6.42 Å². The fourth-order valence-electron chi connectivity index (χ4n) is 1.60. The summed E-state index contributed by atoms with van der Waals surface area (Å²) in [6, 6.07) is 2.16. The molecule has 16 heavy (non-hydrogen) atoms. The van der Waals surface area contributed by atoms with E-state index in [9.17, 15) is 4.79 Å². The van der Waals surface area contributed by atoms with Crippen LogP contribution in [0.25, 0.3) is 0 Å². The minimum absolute atomic E-state index is 0.0726. The van der Waals surface area contributed by atoms with E-state index in [4.69, 9.17) is 5.11 Å². The maximum Gasteiger partial charge on any atom is 0.304 e. The highest BCUT2D eigenvalue weighted by Gasteiger charge is 2.16. The van der Waals surface area contributed by atoms with Gasteiger partial charge in [-0.1, -0.05) is 6.92 Å². The third-order valence-corrected chi connectivity index (χ3v) is 4.16. The van der Waals surface area contributed by atoms with Crippen LogP contribution in [-0.4, -0.2) is 28.6 Å². The zero-order valence-corrected chi connectivity index (χ0v) is 11.8. The van der Waals surface area contributed by atoms with Crippen LogP contribution in [0.3, 0.4) is 0 Å². The topological polar surface area (TPSA) is 40.5 Å². The summed E-state index contributed by atoms with van der Waals surface area (Å²) < 4.78 is 1.09. The van der Waals surface area contributed by atoms with Gasteiger partial charge in [0.25, 0.3) is 0 Å². The number of thiophene rings is 1. The van der Waals surface area contributed by atoms with Crippen molar-refractivity contribution in [3.05, 3.63) is 20.8 Å². The van der Waals surface area contributed by atoms with E-state index in [0.29, 0.717) is 0 Å². The van der Waals surface area contributed by atoms with Crippen molar-refractivity contribution in [3.63, 3.8) is 0 Å². The second-order valence-electron chi connectivity index (χ2n) is 3.74. The summed E-state index contributed by atoms with van der Waals surface area (Å²) >= 11 is 5.11. The monoisotopic (exact) mass is 305 g/mol. The fraction of sp³-hybridized carbons (Fsp3) is 0.545. The van der Waals surface area contributed by atoms with Crippen molar-refractivity contribution < 1.29 is 9.90 Å². The molecule has 0 bridgehead atoms. The molecule has 0 fully saturated rings. The first kappa shape index (κ1) is 13.7. The summed E-state index contributed by atoms with van der Waals surface area (Å²) in [6.45, 7) is 5.70. The van der Waals surface area contributed by atoms with Crippen molar-refractivity contribution in [2.24, 2.45) is 0 Å². The molecule has 0 aliphatic rings. The van der Waals surface area contributed by atoms with Gasteiger partial charge in [0, 0.05) is 27.3 Å². The van der Waals surface area contributed by atoms with Crippen LogP contribution in [0.4, 0.5) is 0 Å². The molecular formula is C11H16BrNO2S. The van der Waals surface area contributed by atoms with Gasteiger partial charge in [0.2, 0.25) is 0 Å². The molecule has 0 saturated heterocycles. The number of carbonyl (C=O) groups is 1. The first-order valence-corrected chi connectivity index (χ1v) is 6.89. The average Bonchev–Trinajstić information content (AvgIpc) is 2.59. The summed E-state index contributed by atoms with van der Waals surface area (Å²) in [5, 5.41) is 10.8. The van der Waals surface area contributed by atoms with Gasteiger partial charge in [-0.15, -0.1) is 11.3 Å². The number of rotatable bonds is 6. The molecule has 90 valence electrons. The summed E-state index contributed by atoms with van der Waals surface area (Å²) in [7, 11) is 0. The van der Waals surface area contributed by atoms with E-state index in [0.717, 1.165) is 17.6 Å². The Morgan fingerprint density at radius 1 is 1.69 bits per heavy atom. The molecule has 0 aliphatic carbocycles. The van der Waals surface area contributed by atoms with Crippen LogP contribution in [0, 0.1) is 0 Å². The molecule has 5 heteroatoms. The Bertz CT molecular complexity index is 354. The quantitative estimate of drug-likeness (QED) is 0.877. The maximum atomic E-state index is 10.7. The second-order valence-corrected chi connectivity index (χ2v) is 5.65. The van der Waals surface area contributed by atoms with Crippen LogP contribution >= 0.6 is 27.3 Å². The van der Waals surface area contributed by atoms with Crippen molar-refractivity contribution >= 4 is 33.2 Å². The van der Waals surface area contributed by atoms with Gasteiger partial charge in [0.1, 0.15) is 0 Å². The van der Waals surface area contributed by atoms with E-state index < -0.39 is 5.97 Å². The first-order chi connectivity index (χ1) is 7.52. The number of hydrogen-bond donors (Lipinski definition) is 1. The minimum atomic E-state index is -0.738. The number of halogens is 1. The number of carboxylic acid groups (broad SMARTS) is 1. The Morgan fingerprint density at radius 3 is 2.81 bits per heavy atom. The van der Waals surface area contributed by atoms with Gasteiger partial charge in [-0.05, 0) is 35.5 Å². The predicted octanol–water partition coefficient (Wildman–Crippen LogP) is 3.20. The zero-order valence-electron chi connectivity index (χ0n) is 9.44. The van der Waals surface area contributed by atoms with E-state index in [1.807, 2.05) is 12.3 Å². The third kappa shape index (κ3) is 4.23. The number of carboxylic acids is 1. The summed E-state index contributed by atoms with van der Waals surface area (Å²) in [4.78, 5) is 14.1. The highest BCUT2D eigenvalue weighted by molar-refractivity contribution is 9.10. The molecule has 0 radical (unpaired) electrons. The van der Waals surface area contributed by atoms with Crippen molar-refractivity contribution in [3.8, 4) is 0 Å². The van der Waals surface area contributed by atoms with Crippen LogP contribution < -0.4 is 0 Å². The average molecular weight is 306 g/mol. The molecule has 1 atom stereocenters. The number of hydrogen-bond acceptors (Lipinski definition) is 3. The van der Waals surface area contributed by atoms with Crippen LogP contribution in [0.5, 0.6) is 0 Å². The lowest BCUT2D eigenvalue weighted by Gasteiger charge is -2.25. The lowest BCUT2D eigenvalue weighted by atomic mass is 10.2. The summed E-state index contributed by atoms with van der Waals surface area (Å²) in [6.07, 6.45) is 0.195. The van der Waals surface area contributed by atoms with Crippen molar-refractivity contribution in [2.45, 2.75) is 32.9 Å². The zero-order chi connectivity index (χ0) is 12.1. The highest BCUT2D eigenvalue weighted by atomic mass is 79.9. The van der Waals surface area contributed by atoms with E-state index in [1.54, 1.807) is 11.3 Å². The number of aliphatic carboxylic acids is 1. The molecule has 0 aliphatic heterocycles. The summed E-state index contributed by atoms with van der Waals surface area (Å²) in [5.74, 6) is -0.738. The Kier molecular flexibility index (Phi) is 5.44. The normalized spacial score (nSPS) is 13.0. The molecule has 1 heterocycles. The molecule has 0 saturated carbocycles. The van der Waals surface area contributed by atoms with Crippen molar-refractivity contribution in [2.75, 3.05) is 6.54 Å². The van der Waals surface area contributed by atoms with Crippen molar-refractivity contribution in [1.29, 1.82) is 0 Å². The molecule has 3 nitrogen and oxygen atoms in total. The molecule has 0 spiro atoms. The predicted molar refractivity (Wildman–Crippen MR) is 69.8 cm³/mol. The lowest BCUT2D eigenvalue weighted by molar-refractivity contribution is -0.138. The lowest BCUT2D eigenvalue weighted by Crippen LogP contribution is -2.33. The molecule has 1 aromatic heterocycles. The third-order valence-electron chi connectivity index (χ3n) is 2.48. The molecule has 1 aromatic rings. The van der Waals surface area contributed by atoms with E-state index in [2.05, 4.69) is 33.8 Å². The van der Waals surface area contributed by atoms with E-state index in [1.165, 1.54) is 4.88 Å². The van der Waals surface area contributed by atoms with Crippen LogP contribution in [0.1, 0.15) is 25.1 Å². The van der Waals surface area contributed by atoms with Crippen LogP contribution in [-0.2, 0) is 11.3 Å². The van der Waals surface area contributed by atoms with Gasteiger partial charge in [0.15, 0.2) is 0 Å². The van der Waals surface area contributed by atoms with Crippen molar-refractivity contribution in [1.82, 2.24) is 4.90 Å². The van der Waals surface area contributed by atoms with Gasteiger partial charge in [-0.2, -0.15) is 0 Å². The van der Waals surface area contributed by atoms with Gasteiger partial charge >= 0.3 is 5.97 Å². The van der Waals surface area contributed by atoms with Gasteiger partial charge in [-0.3, -0.25) is 9.69 Å². The van der Waals surface area contributed by atoms with E-state index >= 15 is 0 Å². The minimum Gasteiger partial charge on any atom is -0.481 e. The van der Waals surface area contributed by atoms with Crippen LogP contribution in [0.2, 0.25) is 0 Å². The van der Waals surface area contributed by atoms with Crippen LogP contribution in [0.15, 0.2) is 15.9 Å². The molecule has 0 aromatic carbocycles. The SMILES string of the molecule is CCN(Cc1cc(Br)cs1)C(C)CC(=O)O. The van der Waals surface area contributed by atoms with E-state index in [-0.39, 0.29) is 12.5 Å². The molecule has 1 unspecified atom stereocenters. The Morgan fingerprint density at radius 2 is 2.38 bits per heavy atom. The highest BCUT2D eigenvalue weighted by Crippen LogP contribution is 2.22. The fourth-order valence-corrected chi connectivity index (χ4v) is 3.07. The largest absolute Gasteiger partial charge is 0.481 e. The first-order valence-electron chi connectivity index (χ1n) is 5.21.